The number of rotatable bonds is 6. The molecule has 3 heterocycles. The third-order valence-corrected chi connectivity index (χ3v) is 4.37. The monoisotopic (exact) mass is 300 g/mol. The van der Waals surface area contributed by atoms with Crippen molar-refractivity contribution in [3.63, 3.8) is 0 Å². The molecule has 1 aliphatic heterocycles. The van der Waals surface area contributed by atoms with E-state index in [2.05, 4.69) is 25.5 Å². The van der Waals surface area contributed by atoms with E-state index in [1.807, 2.05) is 30.9 Å². The van der Waals surface area contributed by atoms with Crippen molar-refractivity contribution in [2.45, 2.75) is 38.4 Å². The summed E-state index contributed by atoms with van der Waals surface area (Å²) in [6.07, 6.45) is 11.5. The van der Waals surface area contributed by atoms with Gasteiger partial charge in [0, 0.05) is 44.5 Å². The highest BCUT2D eigenvalue weighted by atomic mass is 16.5. The van der Waals surface area contributed by atoms with E-state index in [1.54, 1.807) is 7.11 Å². The number of hydrogen-bond acceptors (Lipinski definition) is 4. The third kappa shape index (κ3) is 3.54. The Kier molecular flexibility index (Phi) is 5.19. The van der Waals surface area contributed by atoms with Crippen molar-refractivity contribution in [2.75, 3.05) is 20.3 Å². The van der Waals surface area contributed by atoms with Crippen LogP contribution in [0.2, 0.25) is 0 Å². The quantitative estimate of drug-likeness (QED) is 0.822. The summed E-state index contributed by atoms with van der Waals surface area (Å²) in [5.74, 6) is 1.12. The van der Waals surface area contributed by atoms with Crippen molar-refractivity contribution in [3.05, 3.63) is 48.3 Å². The van der Waals surface area contributed by atoms with Crippen LogP contribution >= 0.6 is 0 Å². The molecule has 1 aliphatic rings. The van der Waals surface area contributed by atoms with Crippen molar-refractivity contribution >= 4 is 0 Å². The molecule has 118 valence electrons. The predicted molar refractivity (Wildman–Crippen MR) is 85.3 cm³/mol. The van der Waals surface area contributed by atoms with Crippen LogP contribution in [0.5, 0.6) is 0 Å². The molecule has 5 heteroatoms. The molecule has 0 radical (unpaired) electrons. The second kappa shape index (κ2) is 7.51. The van der Waals surface area contributed by atoms with Gasteiger partial charge in [0.05, 0.1) is 13.2 Å². The Balaban J connectivity index is 1.73. The molecular weight excluding hydrogens is 276 g/mol. The van der Waals surface area contributed by atoms with Crippen LogP contribution in [0.3, 0.4) is 0 Å². The van der Waals surface area contributed by atoms with Crippen LogP contribution in [-0.2, 0) is 17.8 Å². The zero-order chi connectivity index (χ0) is 15.2. The summed E-state index contributed by atoms with van der Waals surface area (Å²) in [6.45, 7) is 3.58. The molecule has 1 atom stereocenters. The first kappa shape index (κ1) is 15.2. The van der Waals surface area contributed by atoms with E-state index in [4.69, 9.17) is 4.74 Å². The van der Waals surface area contributed by atoms with Gasteiger partial charge in [-0.15, -0.1) is 0 Å². The first-order chi connectivity index (χ1) is 10.9. The Morgan fingerprint density at radius 2 is 2.27 bits per heavy atom. The van der Waals surface area contributed by atoms with Gasteiger partial charge in [0.1, 0.15) is 5.82 Å². The van der Waals surface area contributed by atoms with Crippen molar-refractivity contribution in [2.24, 2.45) is 0 Å². The van der Waals surface area contributed by atoms with Crippen LogP contribution in [0.1, 0.15) is 36.7 Å². The highest BCUT2D eigenvalue weighted by Crippen LogP contribution is 2.31. The van der Waals surface area contributed by atoms with Gasteiger partial charge in [-0.3, -0.25) is 9.88 Å². The summed E-state index contributed by atoms with van der Waals surface area (Å²) >= 11 is 0. The van der Waals surface area contributed by atoms with E-state index >= 15 is 0 Å². The summed E-state index contributed by atoms with van der Waals surface area (Å²) in [5, 5.41) is 0. The number of imidazole rings is 1. The smallest absolute Gasteiger partial charge is 0.122 e. The van der Waals surface area contributed by atoms with Gasteiger partial charge in [0.15, 0.2) is 0 Å². The lowest BCUT2D eigenvalue weighted by molar-refractivity contribution is 0.132. The average Bonchev–Trinajstić information content (AvgIpc) is 3.01. The molecule has 0 N–H and O–H groups in total. The number of likely N-dealkylation sites (tertiary alicyclic amines) is 1. The van der Waals surface area contributed by atoms with E-state index in [0.717, 1.165) is 32.1 Å². The SMILES string of the molecule is COCCn1ccnc1CN1CCCCC1c1cccnc1. The number of pyridine rings is 1. The molecule has 1 unspecified atom stereocenters. The topological polar surface area (TPSA) is 43.2 Å². The molecule has 5 nitrogen and oxygen atoms in total. The van der Waals surface area contributed by atoms with Gasteiger partial charge < -0.3 is 9.30 Å². The Morgan fingerprint density at radius 1 is 1.32 bits per heavy atom. The Bertz CT molecular complexity index is 569. The molecule has 1 fully saturated rings. The Morgan fingerprint density at radius 3 is 3.09 bits per heavy atom. The summed E-state index contributed by atoms with van der Waals surface area (Å²) in [6, 6.07) is 4.67. The average molecular weight is 300 g/mol. The summed E-state index contributed by atoms with van der Waals surface area (Å²) < 4.78 is 7.37. The van der Waals surface area contributed by atoms with Crippen molar-refractivity contribution < 1.29 is 4.74 Å². The van der Waals surface area contributed by atoms with Gasteiger partial charge in [-0.2, -0.15) is 0 Å². The minimum atomic E-state index is 0.454. The molecule has 3 rings (SSSR count). The summed E-state index contributed by atoms with van der Waals surface area (Å²) in [5.41, 5.74) is 1.32. The normalized spacial score (nSPS) is 19.4. The van der Waals surface area contributed by atoms with E-state index in [1.165, 1.54) is 24.8 Å². The van der Waals surface area contributed by atoms with Crippen LogP contribution in [0, 0.1) is 0 Å². The largest absolute Gasteiger partial charge is 0.383 e. The minimum Gasteiger partial charge on any atom is -0.383 e. The van der Waals surface area contributed by atoms with Crippen LogP contribution in [0.4, 0.5) is 0 Å². The third-order valence-electron chi connectivity index (χ3n) is 4.37. The first-order valence-corrected chi connectivity index (χ1v) is 8.01. The van der Waals surface area contributed by atoms with Crippen molar-refractivity contribution in [3.8, 4) is 0 Å². The van der Waals surface area contributed by atoms with Crippen LogP contribution in [-0.4, -0.2) is 39.7 Å². The zero-order valence-electron chi connectivity index (χ0n) is 13.2. The van der Waals surface area contributed by atoms with Gasteiger partial charge >= 0.3 is 0 Å². The zero-order valence-corrected chi connectivity index (χ0v) is 13.2. The molecule has 2 aromatic rings. The van der Waals surface area contributed by atoms with Gasteiger partial charge in [0.25, 0.3) is 0 Å². The summed E-state index contributed by atoms with van der Waals surface area (Å²) in [4.78, 5) is 11.4. The molecule has 0 bridgehead atoms. The number of hydrogen-bond donors (Lipinski definition) is 0. The van der Waals surface area contributed by atoms with Gasteiger partial charge in [-0.25, -0.2) is 4.98 Å². The number of aromatic nitrogens is 3. The number of nitrogens with zero attached hydrogens (tertiary/aromatic N) is 4. The molecule has 22 heavy (non-hydrogen) atoms. The summed E-state index contributed by atoms with van der Waals surface area (Å²) in [7, 11) is 1.74. The highest BCUT2D eigenvalue weighted by Gasteiger charge is 2.25. The maximum atomic E-state index is 5.18. The highest BCUT2D eigenvalue weighted by molar-refractivity contribution is 5.15. The van der Waals surface area contributed by atoms with Crippen molar-refractivity contribution in [1.29, 1.82) is 0 Å². The molecule has 0 amide bonds. The van der Waals surface area contributed by atoms with Gasteiger partial charge in [-0.1, -0.05) is 12.5 Å². The van der Waals surface area contributed by atoms with Gasteiger partial charge in [-0.05, 0) is 31.0 Å². The molecule has 0 aliphatic carbocycles. The van der Waals surface area contributed by atoms with Crippen LogP contribution in [0.25, 0.3) is 0 Å². The lowest BCUT2D eigenvalue weighted by Crippen LogP contribution is -2.34. The molecule has 0 spiro atoms. The van der Waals surface area contributed by atoms with Crippen LogP contribution < -0.4 is 0 Å². The van der Waals surface area contributed by atoms with Crippen molar-refractivity contribution in [1.82, 2.24) is 19.4 Å². The molecule has 1 saturated heterocycles. The number of piperidine rings is 1. The Labute approximate surface area is 131 Å². The fourth-order valence-electron chi connectivity index (χ4n) is 3.20. The van der Waals surface area contributed by atoms with Gasteiger partial charge in [0.2, 0.25) is 0 Å². The molecule has 2 aromatic heterocycles. The van der Waals surface area contributed by atoms with E-state index in [-0.39, 0.29) is 0 Å². The predicted octanol–water partition coefficient (Wildman–Crippen LogP) is 2.65. The number of ether oxygens (including phenoxy) is 1. The lowest BCUT2D eigenvalue weighted by atomic mass is 9.96. The maximum absolute atomic E-state index is 5.18. The molecular formula is C17H24N4O. The fourth-order valence-corrected chi connectivity index (χ4v) is 3.20. The lowest BCUT2D eigenvalue weighted by Gasteiger charge is -2.35. The molecule has 0 aromatic carbocycles. The van der Waals surface area contributed by atoms with E-state index in [0.29, 0.717) is 6.04 Å². The molecule has 0 saturated carbocycles. The first-order valence-electron chi connectivity index (χ1n) is 8.01. The fraction of sp³-hybridized carbons (Fsp3) is 0.529. The second-order valence-corrected chi connectivity index (χ2v) is 5.80. The van der Waals surface area contributed by atoms with Crippen LogP contribution in [0.15, 0.2) is 36.9 Å². The maximum Gasteiger partial charge on any atom is 0.122 e. The standard InChI is InChI=1S/C17H24N4O/c1-22-12-11-20-10-8-19-17(20)14-21-9-3-2-6-16(21)15-5-4-7-18-13-15/h4-5,7-8,10,13,16H,2-3,6,9,11-12,14H2,1H3. The van der Waals surface area contributed by atoms with E-state index < -0.39 is 0 Å². The van der Waals surface area contributed by atoms with E-state index in [9.17, 15) is 0 Å². The Hall–Kier alpha value is -1.72. The number of methoxy groups -OCH3 is 1. The minimum absolute atomic E-state index is 0.454. The second-order valence-electron chi connectivity index (χ2n) is 5.80.